The minimum Gasteiger partial charge on any atom is -0.507 e. The molecule has 0 aliphatic carbocycles. The van der Waals surface area contributed by atoms with Gasteiger partial charge < -0.3 is 14.8 Å². The van der Waals surface area contributed by atoms with E-state index in [9.17, 15) is 19.5 Å². The number of carbonyl (C=O) groups is 3. The second-order valence-electron chi connectivity index (χ2n) is 8.35. The molecule has 0 saturated carbocycles. The molecule has 180 valence electrons. The number of anilines is 1. The molecule has 1 unspecified atom stereocenters. The van der Waals surface area contributed by atoms with E-state index in [2.05, 4.69) is 9.97 Å². The normalized spacial score (nSPS) is 17.0. The highest BCUT2D eigenvalue weighted by atomic mass is 16.5. The standard InChI is InChI=1S/C28H23N3O5/c1-2-36-23(32)15-17-7-9-19(10-8-17)31-25(18-11-13-29-14-12-18)24(27(34)28(31)35)26(33)21-16-30-22-6-4-3-5-20(21)22/h3-14,16,25,30,33H,2,15H2,1H3/b26-24-. The van der Waals surface area contributed by atoms with Crippen LogP contribution in [0, 0.1) is 0 Å². The second-order valence-corrected chi connectivity index (χ2v) is 8.35. The van der Waals surface area contributed by atoms with Gasteiger partial charge in [-0.2, -0.15) is 0 Å². The van der Waals surface area contributed by atoms with Gasteiger partial charge in [-0.25, -0.2) is 0 Å². The predicted molar refractivity (Wildman–Crippen MR) is 134 cm³/mol. The van der Waals surface area contributed by atoms with Crippen molar-refractivity contribution in [3.05, 3.63) is 102 Å². The number of benzene rings is 2. The number of hydrogen-bond acceptors (Lipinski definition) is 6. The third kappa shape index (κ3) is 4.02. The van der Waals surface area contributed by atoms with Gasteiger partial charge in [0.25, 0.3) is 11.7 Å². The fraction of sp³-hybridized carbons (Fsp3) is 0.143. The average molecular weight is 482 g/mol. The molecule has 5 rings (SSSR count). The molecule has 0 spiro atoms. The fourth-order valence-corrected chi connectivity index (χ4v) is 4.53. The Labute approximate surface area is 206 Å². The number of pyridine rings is 1. The summed E-state index contributed by atoms with van der Waals surface area (Å²) in [6.45, 7) is 2.04. The van der Waals surface area contributed by atoms with Gasteiger partial charge in [0, 0.05) is 40.7 Å². The van der Waals surface area contributed by atoms with Crippen molar-refractivity contribution >= 4 is 40.0 Å². The molecule has 2 aromatic carbocycles. The zero-order chi connectivity index (χ0) is 25.2. The summed E-state index contributed by atoms with van der Waals surface area (Å²) in [6.07, 6.45) is 4.87. The summed E-state index contributed by atoms with van der Waals surface area (Å²) >= 11 is 0. The Balaban J connectivity index is 1.61. The third-order valence-electron chi connectivity index (χ3n) is 6.18. The lowest BCUT2D eigenvalue weighted by atomic mass is 9.95. The molecular weight excluding hydrogens is 458 g/mol. The summed E-state index contributed by atoms with van der Waals surface area (Å²) in [5, 5.41) is 12.1. The number of carbonyl (C=O) groups excluding carboxylic acids is 3. The number of rotatable bonds is 6. The molecule has 0 bridgehead atoms. The molecule has 0 radical (unpaired) electrons. The van der Waals surface area contributed by atoms with E-state index in [-0.39, 0.29) is 23.7 Å². The van der Waals surface area contributed by atoms with E-state index in [1.807, 2.05) is 24.3 Å². The van der Waals surface area contributed by atoms with Gasteiger partial charge in [0.2, 0.25) is 0 Å². The van der Waals surface area contributed by atoms with Gasteiger partial charge in [-0.1, -0.05) is 30.3 Å². The highest BCUT2D eigenvalue weighted by Gasteiger charge is 2.47. The molecule has 36 heavy (non-hydrogen) atoms. The lowest BCUT2D eigenvalue weighted by Crippen LogP contribution is -2.29. The van der Waals surface area contributed by atoms with Gasteiger partial charge in [-0.15, -0.1) is 0 Å². The number of aromatic nitrogens is 2. The Morgan fingerprint density at radius 3 is 2.50 bits per heavy atom. The second kappa shape index (κ2) is 9.50. The number of fused-ring (bicyclic) bond motifs is 1. The zero-order valence-electron chi connectivity index (χ0n) is 19.5. The average Bonchev–Trinajstić information content (AvgIpc) is 3.44. The van der Waals surface area contributed by atoms with Crippen LogP contribution >= 0.6 is 0 Å². The molecule has 1 aliphatic heterocycles. The number of aliphatic hydroxyl groups is 1. The molecule has 8 nitrogen and oxygen atoms in total. The first kappa shape index (κ1) is 23.0. The number of para-hydroxylation sites is 1. The topological polar surface area (TPSA) is 113 Å². The van der Waals surface area contributed by atoms with E-state index in [0.717, 1.165) is 10.9 Å². The maximum absolute atomic E-state index is 13.3. The van der Waals surface area contributed by atoms with Crippen LogP contribution in [-0.2, 0) is 25.5 Å². The third-order valence-corrected chi connectivity index (χ3v) is 6.18. The highest BCUT2D eigenvalue weighted by Crippen LogP contribution is 2.42. The minimum absolute atomic E-state index is 0.00782. The number of esters is 1. The number of nitrogens with zero attached hydrogens (tertiary/aromatic N) is 2. The summed E-state index contributed by atoms with van der Waals surface area (Å²) in [5.41, 5.74) is 3.03. The molecular formula is C28H23N3O5. The first-order chi connectivity index (χ1) is 17.5. The molecule has 1 amide bonds. The number of amides is 1. The largest absolute Gasteiger partial charge is 0.507 e. The summed E-state index contributed by atoms with van der Waals surface area (Å²) < 4.78 is 5.00. The maximum atomic E-state index is 13.3. The first-order valence-corrected chi connectivity index (χ1v) is 11.5. The summed E-state index contributed by atoms with van der Waals surface area (Å²) in [7, 11) is 0. The van der Waals surface area contributed by atoms with E-state index in [0.29, 0.717) is 29.0 Å². The molecule has 1 saturated heterocycles. The highest BCUT2D eigenvalue weighted by molar-refractivity contribution is 6.51. The van der Waals surface area contributed by atoms with Crippen LogP contribution in [0.15, 0.2) is 84.8 Å². The number of nitrogens with one attached hydrogen (secondary N) is 1. The Kier molecular flexibility index (Phi) is 6.08. The van der Waals surface area contributed by atoms with Gasteiger partial charge in [0.15, 0.2) is 0 Å². The van der Waals surface area contributed by atoms with Gasteiger partial charge >= 0.3 is 5.97 Å². The molecule has 1 fully saturated rings. The number of hydrogen-bond donors (Lipinski definition) is 2. The summed E-state index contributed by atoms with van der Waals surface area (Å²) in [6, 6.07) is 16.8. The van der Waals surface area contributed by atoms with E-state index in [1.165, 1.54) is 4.90 Å². The van der Waals surface area contributed by atoms with Crippen molar-refractivity contribution in [3.63, 3.8) is 0 Å². The number of H-pyrrole nitrogens is 1. The van der Waals surface area contributed by atoms with Crippen LogP contribution in [0.3, 0.4) is 0 Å². The Bertz CT molecular complexity index is 1490. The monoisotopic (exact) mass is 481 g/mol. The lowest BCUT2D eigenvalue weighted by Gasteiger charge is -2.25. The summed E-state index contributed by atoms with van der Waals surface area (Å²) in [4.78, 5) is 47.0. The number of ether oxygens (including phenoxy) is 1. The Morgan fingerprint density at radius 1 is 1.06 bits per heavy atom. The lowest BCUT2D eigenvalue weighted by molar-refractivity contribution is -0.142. The van der Waals surface area contributed by atoms with E-state index in [4.69, 9.17) is 4.74 Å². The Hall–Kier alpha value is -4.72. The number of aromatic amines is 1. The molecule has 1 aliphatic rings. The van der Waals surface area contributed by atoms with Gasteiger partial charge in [0.05, 0.1) is 24.6 Å². The predicted octanol–water partition coefficient (Wildman–Crippen LogP) is 4.29. The molecule has 2 N–H and O–H groups in total. The van der Waals surface area contributed by atoms with Crippen molar-refractivity contribution in [2.75, 3.05) is 11.5 Å². The van der Waals surface area contributed by atoms with Crippen molar-refractivity contribution in [2.45, 2.75) is 19.4 Å². The SMILES string of the molecule is CCOC(=O)Cc1ccc(N2C(=O)C(=O)/C(=C(\O)c3c[nH]c4ccccc34)C2c2ccncc2)cc1. The van der Waals surface area contributed by atoms with Crippen LogP contribution < -0.4 is 4.90 Å². The number of Topliss-reactive ketones (excluding diaryl/α,β-unsaturated/α-hetero) is 1. The van der Waals surface area contributed by atoms with E-state index >= 15 is 0 Å². The molecule has 4 aromatic rings. The fourth-order valence-electron chi connectivity index (χ4n) is 4.53. The molecule has 1 atom stereocenters. The van der Waals surface area contributed by atoms with Crippen LogP contribution in [0.5, 0.6) is 0 Å². The maximum Gasteiger partial charge on any atom is 0.310 e. The van der Waals surface area contributed by atoms with Crippen molar-refractivity contribution < 1.29 is 24.2 Å². The zero-order valence-corrected chi connectivity index (χ0v) is 19.5. The van der Waals surface area contributed by atoms with E-state index < -0.39 is 17.7 Å². The van der Waals surface area contributed by atoms with Crippen molar-refractivity contribution in [1.29, 1.82) is 0 Å². The number of ketones is 1. The Morgan fingerprint density at radius 2 is 1.78 bits per heavy atom. The molecule has 8 heteroatoms. The van der Waals surface area contributed by atoms with Gasteiger partial charge in [0.1, 0.15) is 5.76 Å². The minimum atomic E-state index is -0.863. The van der Waals surface area contributed by atoms with Crippen LogP contribution in [0.4, 0.5) is 5.69 Å². The number of aliphatic hydroxyl groups excluding tert-OH is 1. The van der Waals surface area contributed by atoms with E-state index in [1.54, 1.807) is 61.9 Å². The smallest absolute Gasteiger partial charge is 0.310 e. The van der Waals surface area contributed by atoms with Crippen molar-refractivity contribution in [1.82, 2.24) is 9.97 Å². The van der Waals surface area contributed by atoms with Crippen molar-refractivity contribution in [3.8, 4) is 0 Å². The van der Waals surface area contributed by atoms with Crippen LogP contribution in [-0.4, -0.2) is 39.3 Å². The molecule has 2 aromatic heterocycles. The van der Waals surface area contributed by atoms with Crippen LogP contribution in [0.2, 0.25) is 0 Å². The van der Waals surface area contributed by atoms with Crippen molar-refractivity contribution in [2.24, 2.45) is 0 Å². The van der Waals surface area contributed by atoms with Crippen LogP contribution in [0.1, 0.15) is 29.7 Å². The first-order valence-electron chi connectivity index (χ1n) is 11.5. The van der Waals surface area contributed by atoms with Gasteiger partial charge in [-0.3, -0.25) is 24.3 Å². The van der Waals surface area contributed by atoms with Gasteiger partial charge in [-0.05, 0) is 48.4 Å². The van der Waals surface area contributed by atoms with Crippen LogP contribution in [0.25, 0.3) is 16.7 Å². The quantitative estimate of drug-likeness (QED) is 0.184. The summed E-state index contributed by atoms with van der Waals surface area (Å²) in [5.74, 6) is -2.14. The molecule has 3 heterocycles.